The third-order valence-corrected chi connectivity index (χ3v) is 13.2. The molecule has 372 valence electrons. The Hall–Kier alpha value is -6.60. The summed E-state index contributed by atoms with van der Waals surface area (Å²) in [6.07, 6.45) is 2.86. The van der Waals surface area contributed by atoms with E-state index in [9.17, 15) is 9.59 Å². The van der Waals surface area contributed by atoms with E-state index in [1.807, 2.05) is 97.4 Å². The normalized spacial score (nSPS) is 12.6. The van der Waals surface area contributed by atoms with Gasteiger partial charge in [0.25, 0.3) is 11.8 Å². The second-order valence-corrected chi connectivity index (χ2v) is 18.6. The summed E-state index contributed by atoms with van der Waals surface area (Å²) in [6.45, 7) is 11.0. The monoisotopic (exact) mass is 994 g/mol. The zero-order valence-corrected chi connectivity index (χ0v) is 42.5. The molecule has 0 saturated carbocycles. The highest BCUT2D eigenvalue weighted by Gasteiger charge is 2.21. The van der Waals surface area contributed by atoms with Crippen LogP contribution in [0.25, 0.3) is 0 Å². The molecule has 2 N–H and O–H groups in total. The van der Waals surface area contributed by atoms with Gasteiger partial charge < -0.3 is 48.5 Å². The number of unbranched alkanes of at least 4 members (excludes halogenated alkanes) is 1. The van der Waals surface area contributed by atoms with Gasteiger partial charge in [0.1, 0.15) is 44.4 Å². The van der Waals surface area contributed by atoms with Crippen molar-refractivity contribution >= 4 is 34.5 Å². The van der Waals surface area contributed by atoms with E-state index < -0.39 is 0 Å². The number of hydrogen-bond donors (Lipinski definition) is 2. The van der Waals surface area contributed by atoms with E-state index in [1.54, 1.807) is 28.4 Å². The number of ether oxygens (including phenoxy) is 8. The summed E-state index contributed by atoms with van der Waals surface area (Å²) in [4.78, 5) is 38.7. The molecule has 0 aliphatic carbocycles. The number of nitrogens with zero attached hydrogens (tertiary/aromatic N) is 4. The van der Waals surface area contributed by atoms with Crippen LogP contribution in [0, 0.1) is 0 Å². The molecule has 0 fully saturated rings. The number of carbonyl (C=O) groups excluding carboxylic acids is 2. The van der Waals surface area contributed by atoms with Crippen LogP contribution in [0.3, 0.4) is 0 Å². The van der Waals surface area contributed by atoms with Gasteiger partial charge in [0.2, 0.25) is 13.6 Å². The molecule has 1 unspecified atom stereocenters. The Morgan fingerprint density at radius 1 is 0.614 bits per heavy atom. The van der Waals surface area contributed by atoms with Crippen molar-refractivity contribution < 1.29 is 47.5 Å². The lowest BCUT2D eigenvalue weighted by molar-refractivity contribution is 0.0930. The maximum Gasteiger partial charge on any atom is 0.270 e. The zero-order valence-electron chi connectivity index (χ0n) is 40.8. The minimum atomic E-state index is -0.138. The lowest BCUT2D eigenvalue weighted by Crippen LogP contribution is -2.32. The third-order valence-electron chi connectivity index (χ3n) is 11.6. The highest BCUT2D eigenvalue weighted by Crippen LogP contribution is 2.35. The van der Waals surface area contributed by atoms with Gasteiger partial charge in [0.15, 0.2) is 23.0 Å². The number of thiazole rings is 2. The number of aromatic nitrogens is 2. The molecule has 18 heteroatoms. The number of fused-ring (bicyclic) bond motifs is 2. The predicted molar refractivity (Wildman–Crippen MR) is 269 cm³/mol. The summed E-state index contributed by atoms with van der Waals surface area (Å²) >= 11 is 2.98. The van der Waals surface area contributed by atoms with Gasteiger partial charge >= 0.3 is 0 Å². The van der Waals surface area contributed by atoms with E-state index in [4.69, 9.17) is 37.9 Å². The van der Waals surface area contributed by atoms with E-state index >= 15 is 0 Å². The predicted octanol–water partition coefficient (Wildman–Crippen LogP) is 9.24. The van der Waals surface area contributed by atoms with Crippen LogP contribution < -0.4 is 48.5 Å². The Kier molecular flexibility index (Phi) is 18.5. The first kappa shape index (κ1) is 51.3. The maximum atomic E-state index is 12.5. The van der Waals surface area contributed by atoms with Crippen LogP contribution >= 0.6 is 22.7 Å². The lowest BCUT2D eigenvalue weighted by atomic mass is 10.1. The van der Waals surface area contributed by atoms with E-state index in [2.05, 4.69) is 37.3 Å². The molecule has 16 nitrogen and oxygen atoms in total. The van der Waals surface area contributed by atoms with E-state index in [-0.39, 0.29) is 31.4 Å². The first-order chi connectivity index (χ1) is 34.1. The molecule has 8 rings (SSSR count). The Bertz CT molecular complexity index is 2680. The van der Waals surface area contributed by atoms with Gasteiger partial charge in [-0.1, -0.05) is 44.5 Å². The SMILES string of the molecule is CCC(C)NC(=O)c1csc(CN(Cc2ccc3c(c2)OCO3)Cc2ccc(OC)cc2OC)n1.CCCCNC(=O)c1csc(CN(Cc2ccc3c(c2)OCO3)Cc2ccc(OC)cc2OC)n1. The van der Waals surface area contributed by atoms with Crippen molar-refractivity contribution in [3.05, 3.63) is 127 Å². The van der Waals surface area contributed by atoms with Gasteiger partial charge in [-0.25, -0.2) is 9.97 Å². The number of methoxy groups -OCH3 is 4. The van der Waals surface area contributed by atoms with Crippen molar-refractivity contribution in [2.45, 2.75) is 85.3 Å². The van der Waals surface area contributed by atoms with Crippen molar-refractivity contribution in [1.29, 1.82) is 0 Å². The molecule has 4 heterocycles. The molecule has 6 aromatic rings. The molecule has 2 aromatic heterocycles. The van der Waals surface area contributed by atoms with Crippen LogP contribution in [-0.4, -0.2) is 86.2 Å². The van der Waals surface area contributed by atoms with Gasteiger partial charge in [-0.3, -0.25) is 19.4 Å². The molecule has 70 heavy (non-hydrogen) atoms. The number of rotatable bonds is 23. The van der Waals surface area contributed by atoms with Gasteiger partial charge in [0.05, 0.1) is 41.5 Å². The molecule has 2 aliphatic rings. The molecular formula is C52H62N6O10S2. The molecular weight excluding hydrogens is 933 g/mol. The molecule has 2 amide bonds. The first-order valence-electron chi connectivity index (χ1n) is 23.2. The summed E-state index contributed by atoms with van der Waals surface area (Å²) in [5, 5.41) is 11.3. The summed E-state index contributed by atoms with van der Waals surface area (Å²) in [5.74, 6) is 5.76. The molecule has 0 radical (unpaired) electrons. The Morgan fingerprint density at radius 2 is 1.10 bits per heavy atom. The van der Waals surface area contributed by atoms with Crippen molar-refractivity contribution in [3.63, 3.8) is 0 Å². The molecule has 0 bridgehead atoms. The third kappa shape index (κ3) is 14.0. The summed E-state index contributed by atoms with van der Waals surface area (Å²) in [5.41, 5.74) is 5.16. The number of nitrogens with one attached hydrogen (secondary N) is 2. The number of hydrogen-bond acceptors (Lipinski definition) is 16. The fourth-order valence-corrected chi connectivity index (χ4v) is 9.24. The van der Waals surface area contributed by atoms with Crippen molar-refractivity contribution in [3.8, 4) is 46.0 Å². The highest BCUT2D eigenvalue weighted by molar-refractivity contribution is 7.10. The average molecular weight is 995 g/mol. The van der Waals surface area contributed by atoms with Crippen LogP contribution in [-0.2, 0) is 39.3 Å². The number of carbonyl (C=O) groups is 2. The standard InChI is InChI=1S/2C26H31N3O5S/c1-5-17(2)27-26(30)21-15-35-25(28-21)14-29(12-18-6-9-22-24(10-18)34-16-33-22)13-19-7-8-20(31-3)11-23(19)32-4;1-4-5-10-27-26(30)21-16-35-25(28-21)15-29(13-18-6-9-22-24(11-18)34-17-33-22)14-19-7-8-20(31-2)12-23(19)32-3/h6-11,15,17H,5,12-14,16H2,1-4H3,(H,27,30);6-9,11-12,16H,4-5,10,13-15,17H2,1-3H3,(H,27,30). The average Bonchev–Trinajstić information content (AvgIpc) is 4.23. The molecule has 4 aromatic carbocycles. The van der Waals surface area contributed by atoms with E-state index in [0.29, 0.717) is 57.2 Å². The number of amides is 2. The zero-order chi connectivity index (χ0) is 49.4. The Labute approximate surface area is 417 Å². The first-order valence-corrected chi connectivity index (χ1v) is 25.0. The van der Waals surface area contributed by atoms with E-state index in [0.717, 1.165) is 97.5 Å². The van der Waals surface area contributed by atoms with Crippen LogP contribution in [0.15, 0.2) is 83.6 Å². The fraction of sp³-hybridized carbons (Fsp3) is 0.385. The van der Waals surface area contributed by atoms with Crippen LogP contribution in [0.2, 0.25) is 0 Å². The second kappa shape index (κ2) is 25.3. The van der Waals surface area contributed by atoms with Gasteiger partial charge in [-0.05, 0) is 67.3 Å². The molecule has 0 saturated heterocycles. The summed E-state index contributed by atoms with van der Waals surface area (Å²) in [7, 11) is 6.59. The van der Waals surface area contributed by atoms with Gasteiger partial charge in [-0.15, -0.1) is 22.7 Å². The Morgan fingerprint density at radius 3 is 1.56 bits per heavy atom. The van der Waals surface area contributed by atoms with Gasteiger partial charge in [-0.2, -0.15) is 0 Å². The smallest absolute Gasteiger partial charge is 0.270 e. The largest absolute Gasteiger partial charge is 0.497 e. The summed E-state index contributed by atoms with van der Waals surface area (Å²) in [6, 6.07) is 23.7. The topological polar surface area (TPSA) is 164 Å². The van der Waals surface area contributed by atoms with Gasteiger partial charge in [0, 0.05) is 72.8 Å². The fourth-order valence-electron chi connectivity index (χ4n) is 7.60. The lowest BCUT2D eigenvalue weighted by Gasteiger charge is -2.23. The minimum Gasteiger partial charge on any atom is -0.497 e. The van der Waals surface area contributed by atoms with E-state index in [1.165, 1.54) is 22.7 Å². The Balaban J connectivity index is 0.000000206. The highest BCUT2D eigenvalue weighted by atomic mass is 32.1. The van der Waals surface area contributed by atoms with Crippen LogP contribution in [0.4, 0.5) is 0 Å². The van der Waals surface area contributed by atoms with Crippen LogP contribution in [0.5, 0.6) is 46.0 Å². The summed E-state index contributed by atoms with van der Waals surface area (Å²) < 4.78 is 44.0. The minimum absolute atomic E-state index is 0.109. The maximum absolute atomic E-state index is 12.5. The second-order valence-electron chi connectivity index (χ2n) is 16.7. The van der Waals surface area contributed by atoms with Crippen LogP contribution in [0.1, 0.15) is 93.3 Å². The molecule has 1 atom stereocenters. The van der Waals surface area contributed by atoms with Crippen molar-refractivity contribution in [2.75, 3.05) is 48.6 Å². The quantitative estimate of drug-likeness (QED) is 0.0584. The number of benzene rings is 4. The molecule has 2 aliphatic heterocycles. The van der Waals surface area contributed by atoms with Crippen molar-refractivity contribution in [1.82, 2.24) is 30.4 Å². The molecule has 0 spiro atoms. The van der Waals surface area contributed by atoms with Crippen molar-refractivity contribution in [2.24, 2.45) is 0 Å².